The van der Waals surface area contributed by atoms with Gasteiger partial charge in [-0.15, -0.1) is 0 Å². The molecule has 1 aliphatic rings. The Balaban J connectivity index is 1.85. The van der Waals surface area contributed by atoms with Gasteiger partial charge in [0.1, 0.15) is 0 Å². The normalized spacial score (nSPS) is 17.5. The molecular weight excluding hydrogens is 284 g/mol. The molecule has 7 nitrogen and oxygen atoms in total. The van der Waals surface area contributed by atoms with E-state index in [0.717, 1.165) is 12.8 Å². The molecule has 2 aromatic rings. The van der Waals surface area contributed by atoms with Crippen molar-refractivity contribution in [2.75, 3.05) is 13.7 Å². The molecule has 1 atom stereocenters. The molecule has 0 bridgehead atoms. The number of amides is 1. The smallest absolute Gasteiger partial charge is 0.345 e. The van der Waals surface area contributed by atoms with Crippen molar-refractivity contribution in [2.45, 2.75) is 18.9 Å². The number of carbonyl (C=O) groups excluding carboxylic acids is 1. The molecule has 3 heterocycles. The summed E-state index contributed by atoms with van der Waals surface area (Å²) in [6.45, 7) is 0.653. The van der Waals surface area contributed by atoms with E-state index in [1.54, 1.807) is 23.1 Å². The molecule has 0 aromatic carbocycles. The molecule has 22 heavy (non-hydrogen) atoms. The van der Waals surface area contributed by atoms with Gasteiger partial charge in [-0.3, -0.25) is 4.79 Å². The average Bonchev–Trinajstić information content (AvgIpc) is 3.04. The predicted molar refractivity (Wildman–Crippen MR) is 78.7 cm³/mol. The predicted octanol–water partition coefficient (Wildman–Crippen LogP) is 1.15. The minimum absolute atomic E-state index is 0.102. The first-order valence-electron chi connectivity index (χ1n) is 7.05. The summed E-state index contributed by atoms with van der Waals surface area (Å²) in [5.74, 6) is 0.364. The van der Waals surface area contributed by atoms with Gasteiger partial charge >= 0.3 is 5.69 Å². The minimum Gasteiger partial charge on any atom is -0.481 e. The van der Waals surface area contributed by atoms with E-state index in [9.17, 15) is 9.59 Å². The summed E-state index contributed by atoms with van der Waals surface area (Å²) < 4.78 is 5.00. The van der Waals surface area contributed by atoms with Crippen LogP contribution < -0.4 is 10.4 Å². The van der Waals surface area contributed by atoms with Gasteiger partial charge in [-0.25, -0.2) is 14.8 Å². The first kappa shape index (κ1) is 14.2. The first-order chi connectivity index (χ1) is 10.7. The molecule has 114 valence electrons. The lowest BCUT2D eigenvalue weighted by Crippen LogP contribution is -2.32. The van der Waals surface area contributed by atoms with Gasteiger partial charge in [0.25, 0.3) is 5.91 Å². The van der Waals surface area contributed by atoms with Crippen LogP contribution in [0.3, 0.4) is 0 Å². The van der Waals surface area contributed by atoms with E-state index in [1.807, 2.05) is 0 Å². The largest absolute Gasteiger partial charge is 0.481 e. The molecule has 1 N–H and O–H groups in total. The zero-order chi connectivity index (χ0) is 15.5. The lowest BCUT2D eigenvalue weighted by Gasteiger charge is -2.24. The van der Waals surface area contributed by atoms with Crippen LogP contribution in [0.2, 0.25) is 0 Å². The number of methoxy groups -OCH3 is 1. The number of pyridine rings is 1. The van der Waals surface area contributed by atoms with Gasteiger partial charge in [-0.05, 0) is 25.0 Å². The zero-order valence-electron chi connectivity index (χ0n) is 12.2. The summed E-state index contributed by atoms with van der Waals surface area (Å²) >= 11 is 0. The highest BCUT2D eigenvalue weighted by atomic mass is 16.5. The number of likely N-dealkylation sites (tertiary alicyclic amines) is 1. The third-order valence-electron chi connectivity index (χ3n) is 3.76. The molecule has 0 aliphatic carbocycles. The zero-order valence-corrected chi connectivity index (χ0v) is 12.2. The van der Waals surface area contributed by atoms with Gasteiger partial charge in [-0.2, -0.15) is 0 Å². The van der Waals surface area contributed by atoms with Crippen LogP contribution in [0.4, 0.5) is 0 Å². The van der Waals surface area contributed by atoms with E-state index >= 15 is 0 Å². The highest BCUT2D eigenvalue weighted by molar-refractivity contribution is 5.94. The van der Waals surface area contributed by atoms with Gasteiger partial charge in [0.05, 0.1) is 18.7 Å². The second-order valence-electron chi connectivity index (χ2n) is 5.08. The fourth-order valence-electron chi connectivity index (χ4n) is 2.70. The molecule has 0 saturated carbocycles. The molecule has 2 aromatic heterocycles. The second kappa shape index (κ2) is 5.97. The molecule has 0 radical (unpaired) electrons. The van der Waals surface area contributed by atoms with Crippen LogP contribution in [0, 0.1) is 0 Å². The number of nitrogens with one attached hydrogen (secondary N) is 1. The van der Waals surface area contributed by atoms with Crippen LogP contribution in [0.15, 0.2) is 35.4 Å². The molecule has 0 spiro atoms. The van der Waals surface area contributed by atoms with Gasteiger partial charge in [0, 0.05) is 30.7 Å². The fraction of sp³-hybridized carbons (Fsp3) is 0.333. The Morgan fingerprint density at radius 3 is 2.91 bits per heavy atom. The topological polar surface area (TPSA) is 88.2 Å². The summed E-state index contributed by atoms with van der Waals surface area (Å²) in [5.41, 5.74) is 0.819. The Morgan fingerprint density at radius 1 is 1.36 bits per heavy atom. The highest BCUT2D eigenvalue weighted by Gasteiger charge is 2.31. The minimum atomic E-state index is -0.400. The Hall–Kier alpha value is -2.70. The number of rotatable bonds is 3. The van der Waals surface area contributed by atoms with Crippen LogP contribution in [0.5, 0.6) is 5.88 Å². The summed E-state index contributed by atoms with van der Waals surface area (Å²) in [4.78, 5) is 36.2. The maximum atomic E-state index is 12.7. The number of carbonyl (C=O) groups is 1. The average molecular weight is 300 g/mol. The van der Waals surface area contributed by atoms with Crippen molar-refractivity contribution < 1.29 is 9.53 Å². The van der Waals surface area contributed by atoms with Crippen molar-refractivity contribution in [2.24, 2.45) is 0 Å². The summed E-state index contributed by atoms with van der Waals surface area (Å²) in [6, 6.07) is 4.96. The van der Waals surface area contributed by atoms with E-state index in [-0.39, 0.29) is 11.9 Å². The number of aromatic nitrogens is 3. The number of ether oxygens (including phenoxy) is 1. The third kappa shape index (κ3) is 2.69. The number of hydrogen-bond acceptors (Lipinski definition) is 5. The van der Waals surface area contributed by atoms with Gasteiger partial charge in [-0.1, -0.05) is 0 Å². The van der Waals surface area contributed by atoms with E-state index in [2.05, 4.69) is 15.0 Å². The number of H-pyrrole nitrogens is 1. The number of aromatic amines is 1. The van der Waals surface area contributed by atoms with Crippen LogP contribution in [0.1, 0.15) is 34.9 Å². The maximum Gasteiger partial charge on any atom is 0.345 e. The van der Waals surface area contributed by atoms with Gasteiger partial charge in [0.15, 0.2) is 0 Å². The maximum absolute atomic E-state index is 12.7. The molecule has 1 saturated heterocycles. The van der Waals surface area contributed by atoms with Crippen molar-refractivity contribution >= 4 is 5.91 Å². The first-order valence-corrected chi connectivity index (χ1v) is 7.05. The van der Waals surface area contributed by atoms with Crippen LogP contribution in [-0.2, 0) is 0 Å². The van der Waals surface area contributed by atoms with E-state index < -0.39 is 5.69 Å². The van der Waals surface area contributed by atoms with Crippen LogP contribution >= 0.6 is 0 Å². The number of nitrogens with zero attached hydrogens (tertiary/aromatic N) is 3. The summed E-state index contributed by atoms with van der Waals surface area (Å²) in [5, 5.41) is 0. The third-order valence-corrected chi connectivity index (χ3v) is 3.76. The Kier molecular flexibility index (Phi) is 3.86. The molecule has 7 heteroatoms. The van der Waals surface area contributed by atoms with Crippen molar-refractivity contribution in [3.05, 3.63) is 52.3 Å². The Labute approximate surface area is 127 Å². The summed E-state index contributed by atoms with van der Waals surface area (Å²) in [7, 11) is 1.53. The lowest BCUT2D eigenvalue weighted by molar-refractivity contribution is 0.0732. The van der Waals surface area contributed by atoms with Crippen molar-refractivity contribution in [1.82, 2.24) is 19.9 Å². The SMILES string of the molecule is COc1ccc(C(=O)N2CCCC2c2ccnc(=O)[nH]2)cn1. The molecular formula is C15H16N4O3. The van der Waals surface area contributed by atoms with Crippen molar-refractivity contribution in [3.8, 4) is 5.88 Å². The standard InChI is InChI=1S/C15H16N4O3/c1-22-13-5-4-10(9-17-13)14(20)19-8-2-3-12(19)11-6-7-16-15(21)18-11/h4-7,9,12H,2-3,8H2,1H3,(H,16,18,21). The highest BCUT2D eigenvalue weighted by Crippen LogP contribution is 2.31. The van der Waals surface area contributed by atoms with Gasteiger partial charge < -0.3 is 14.6 Å². The lowest BCUT2D eigenvalue weighted by atomic mass is 10.1. The molecule has 3 rings (SSSR count). The van der Waals surface area contributed by atoms with E-state index in [1.165, 1.54) is 19.5 Å². The molecule has 1 aliphatic heterocycles. The van der Waals surface area contributed by atoms with Crippen molar-refractivity contribution in [1.29, 1.82) is 0 Å². The number of hydrogen-bond donors (Lipinski definition) is 1. The Bertz CT molecular complexity index is 726. The van der Waals surface area contributed by atoms with E-state index in [0.29, 0.717) is 23.7 Å². The fourth-order valence-corrected chi connectivity index (χ4v) is 2.70. The molecule has 1 amide bonds. The van der Waals surface area contributed by atoms with Gasteiger partial charge in [0.2, 0.25) is 5.88 Å². The molecule has 1 unspecified atom stereocenters. The second-order valence-corrected chi connectivity index (χ2v) is 5.08. The van der Waals surface area contributed by atoms with Crippen LogP contribution in [0.25, 0.3) is 0 Å². The summed E-state index contributed by atoms with van der Waals surface area (Å²) in [6.07, 6.45) is 4.68. The van der Waals surface area contributed by atoms with Crippen LogP contribution in [-0.4, -0.2) is 39.4 Å². The quantitative estimate of drug-likeness (QED) is 0.918. The molecule has 1 fully saturated rings. The van der Waals surface area contributed by atoms with E-state index in [4.69, 9.17) is 4.74 Å². The van der Waals surface area contributed by atoms with Crippen molar-refractivity contribution in [3.63, 3.8) is 0 Å². The Morgan fingerprint density at radius 2 is 2.23 bits per heavy atom. The monoisotopic (exact) mass is 300 g/mol.